The number of nitrogens with one attached hydrogen (secondary N) is 2. The van der Waals surface area contributed by atoms with Gasteiger partial charge in [0.15, 0.2) is 0 Å². The van der Waals surface area contributed by atoms with E-state index in [-0.39, 0.29) is 29.8 Å². The predicted molar refractivity (Wildman–Crippen MR) is 126 cm³/mol. The Morgan fingerprint density at radius 1 is 1.00 bits per heavy atom. The molecule has 2 N–H and O–H groups in total. The van der Waals surface area contributed by atoms with E-state index in [2.05, 4.69) is 47.6 Å². The van der Waals surface area contributed by atoms with Crippen LogP contribution in [-0.2, 0) is 16.0 Å². The molecule has 1 atom stereocenters. The first-order chi connectivity index (χ1) is 14.9. The average molecular weight is 428 g/mol. The number of aryl methyl sites for hydroxylation is 1. The van der Waals surface area contributed by atoms with Gasteiger partial charge >= 0.3 is 0 Å². The average Bonchev–Trinajstić information content (AvgIpc) is 2.77. The van der Waals surface area contributed by atoms with Gasteiger partial charge < -0.3 is 15.5 Å². The summed E-state index contributed by atoms with van der Waals surface area (Å²) in [6.07, 6.45) is 9.03. The molecule has 1 aromatic carbocycles. The van der Waals surface area contributed by atoms with Crippen LogP contribution in [-0.4, -0.2) is 48.4 Å². The van der Waals surface area contributed by atoms with Crippen molar-refractivity contribution in [3.63, 3.8) is 0 Å². The molecule has 1 unspecified atom stereocenters. The smallest absolute Gasteiger partial charge is 0.223 e. The van der Waals surface area contributed by atoms with Crippen molar-refractivity contribution in [2.24, 2.45) is 5.92 Å². The summed E-state index contributed by atoms with van der Waals surface area (Å²) in [4.78, 5) is 27.5. The molecule has 31 heavy (non-hydrogen) atoms. The van der Waals surface area contributed by atoms with Gasteiger partial charge in [0.25, 0.3) is 0 Å². The Balaban J connectivity index is 1.34. The molecule has 5 nitrogen and oxygen atoms in total. The largest absolute Gasteiger partial charge is 0.353 e. The van der Waals surface area contributed by atoms with E-state index >= 15 is 0 Å². The highest BCUT2D eigenvalue weighted by atomic mass is 16.2. The van der Waals surface area contributed by atoms with Crippen LogP contribution in [0.25, 0.3) is 0 Å². The predicted octanol–water partition coefficient (Wildman–Crippen LogP) is 3.90. The summed E-state index contributed by atoms with van der Waals surface area (Å²) in [6.45, 7) is 9.44. The number of amides is 2. The van der Waals surface area contributed by atoms with E-state index in [0.717, 1.165) is 51.7 Å². The van der Waals surface area contributed by atoms with Crippen LogP contribution in [0, 0.1) is 19.8 Å². The van der Waals surface area contributed by atoms with Gasteiger partial charge in [0.2, 0.25) is 11.8 Å². The Morgan fingerprint density at radius 3 is 2.32 bits per heavy atom. The Labute approximate surface area is 188 Å². The van der Waals surface area contributed by atoms with Gasteiger partial charge in [-0.3, -0.25) is 9.59 Å². The van der Waals surface area contributed by atoms with Crippen LogP contribution in [0.5, 0.6) is 0 Å². The maximum absolute atomic E-state index is 12.7. The molecule has 2 aliphatic rings. The number of hydrogen-bond acceptors (Lipinski definition) is 3. The maximum atomic E-state index is 12.7. The zero-order valence-corrected chi connectivity index (χ0v) is 19.7. The van der Waals surface area contributed by atoms with Crippen LogP contribution in [0.3, 0.4) is 0 Å². The van der Waals surface area contributed by atoms with Crippen molar-refractivity contribution in [1.82, 2.24) is 15.5 Å². The Kier molecular flexibility index (Phi) is 8.94. The molecular formula is C26H41N3O2. The first-order valence-corrected chi connectivity index (χ1v) is 12.3. The summed E-state index contributed by atoms with van der Waals surface area (Å²) in [5, 5.41) is 6.48. The van der Waals surface area contributed by atoms with E-state index in [4.69, 9.17) is 0 Å². The van der Waals surface area contributed by atoms with Crippen molar-refractivity contribution in [3.8, 4) is 0 Å². The third-order valence-electron chi connectivity index (χ3n) is 7.23. The van der Waals surface area contributed by atoms with Crippen LogP contribution >= 0.6 is 0 Å². The number of nitrogens with zero attached hydrogens (tertiary/aromatic N) is 1. The van der Waals surface area contributed by atoms with E-state index < -0.39 is 0 Å². The SMILES string of the molecule is Cc1cccc(CC(C)C(=O)NC2CCC(NC(=O)CCN3CCCCC3)CC2)c1C. The Morgan fingerprint density at radius 2 is 1.65 bits per heavy atom. The van der Waals surface area contributed by atoms with E-state index in [0.29, 0.717) is 6.42 Å². The lowest BCUT2D eigenvalue weighted by atomic mass is 9.90. The van der Waals surface area contributed by atoms with Crippen molar-refractivity contribution >= 4 is 11.8 Å². The second-order valence-electron chi connectivity index (χ2n) is 9.74. The highest BCUT2D eigenvalue weighted by Crippen LogP contribution is 2.21. The van der Waals surface area contributed by atoms with Crippen LogP contribution in [0.4, 0.5) is 0 Å². The highest BCUT2D eigenvalue weighted by Gasteiger charge is 2.25. The second-order valence-corrected chi connectivity index (χ2v) is 9.74. The van der Waals surface area contributed by atoms with Gasteiger partial charge in [-0.05, 0) is 88.6 Å². The molecule has 2 amide bonds. The minimum atomic E-state index is -0.0345. The van der Waals surface area contributed by atoms with Gasteiger partial charge in [0.1, 0.15) is 0 Å². The number of hydrogen-bond donors (Lipinski definition) is 2. The van der Waals surface area contributed by atoms with E-state index in [1.165, 1.54) is 36.0 Å². The molecule has 1 saturated heterocycles. The molecule has 1 saturated carbocycles. The quantitative estimate of drug-likeness (QED) is 0.661. The van der Waals surface area contributed by atoms with Gasteiger partial charge in [-0.1, -0.05) is 31.5 Å². The van der Waals surface area contributed by atoms with E-state index in [1.54, 1.807) is 0 Å². The van der Waals surface area contributed by atoms with Gasteiger partial charge in [-0.2, -0.15) is 0 Å². The number of rotatable bonds is 8. The molecule has 0 radical (unpaired) electrons. The highest BCUT2D eigenvalue weighted by molar-refractivity contribution is 5.79. The second kappa shape index (κ2) is 11.7. The number of carbonyl (C=O) groups is 2. The lowest BCUT2D eigenvalue weighted by Crippen LogP contribution is -2.45. The minimum Gasteiger partial charge on any atom is -0.353 e. The zero-order chi connectivity index (χ0) is 22.2. The van der Waals surface area contributed by atoms with E-state index in [1.807, 2.05) is 6.92 Å². The summed E-state index contributed by atoms with van der Waals surface area (Å²) in [7, 11) is 0. The Bertz CT molecular complexity index is 734. The fourth-order valence-electron chi connectivity index (χ4n) is 4.92. The normalized spacial score (nSPS) is 23.2. The monoisotopic (exact) mass is 427 g/mol. The number of carbonyl (C=O) groups excluding carboxylic acids is 2. The first kappa shape index (κ1) is 23.8. The molecular weight excluding hydrogens is 386 g/mol. The standard InChI is InChI=1S/C26H41N3O2/c1-19-8-7-9-22(21(19)3)18-20(2)26(31)28-24-12-10-23(11-13-24)27-25(30)14-17-29-15-5-4-6-16-29/h7-9,20,23-24H,4-6,10-18H2,1-3H3,(H,27,30)(H,28,31). The van der Waals surface area contributed by atoms with Gasteiger partial charge in [0.05, 0.1) is 0 Å². The number of likely N-dealkylation sites (tertiary alicyclic amines) is 1. The summed E-state index contributed by atoms with van der Waals surface area (Å²) in [5.74, 6) is 0.294. The van der Waals surface area contributed by atoms with Gasteiger partial charge in [-0.15, -0.1) is 0 Å². The van der Waals surface area contributed by atoms with Crippen LogP contribution in [0.15, 0.2) is 18.2 Å². The molecule has 172 valence electrons. The van der Waals surface area contributed by atoms with Crippen molar-refractivity contribution < 1.29 is 9.59 Å². The number of piperidine rings is 1. The topological polar surface area (TPSA) is 61.4 Å². The molecule has 1 aliphatic heterocycles. The summed E-state index contributed by atoms with van der Waals surface area (Å²) < 4.78 is 0. The molecule has 5 heteroatoms. The third-order valence-corrected chi connectivity index (χ3v) is 7.23. The van der Waals surface area contributed by atoms with Crippen molar-refractivity contribution in [3.05, 3.63) is 34.9 Å². The van der Waals surface area contributed by atoms with Crippen LogP contribution in [0.2, 0.25) is 0 Å². The molecule has 1 aromatic rings. The van der Waals surface area contributed by atoms with Crippen LogP contribution < -0.4 is 10.6 Å². The molecule has 0 aromatic heterocycles. The van der Waals surface area contributed by atoms with Crippen molar-refractivity contribution in [1.29, 1.82) is 0 Å². The zero-order valence-electron chi connectivity index (χ0n) is 19.7. The van der Waals surface area contributed by atoms with Crippen molar-refractivity contribution in [2.45, 2.75) is 90.6 Å². The molecule has 2 fully saturated rings. The first-order valence-electron chi connectivity index (χ1n) is 12.3. The molecule has 3 rings (SSSR count). The maximum Gasteiger partial charge on any atom is 0.223 e. The lowest BCUT2D eigenvalue weighted by molar-refractivity contribution is -0.126. The molecule has 0 bridgehead atoms. The molecule has 1 aliphatic carbocycles. The van der Waals surface area contributed by atoms with Gasteiger partial charge in [-0.25, -0.2) is 0 Å². The summed E-state index contributed by atoms with van der Waals surface area (Å²) in [6, 6.07) is 6.81. The fourth-order valence-corrected chi connectivity index (χ4v) is 4.92. The Hall–Kier alpha value is -1.88. The fraction of sp³-hybridized carbons (Fsp3) is 0.692. The van der Waals surface area contributed by atoms with Crippen LogP contribution in [0.1, 0.15) is 75.0 Å². The van der Waals surface area contributed by atoms with Crippen molar-refractivity contribution in [2.75, 3.05) is 19.6 Å². The van der Waals surface area contributed by atoms with Gasteiger partial charge in [0, 0.05) is 31.0 Å². The minimum absolute atomic E-state index is 0.0345. The number of benzene rings is 1. The van der Waals surface area contributed by atoms with E-state index in [9.17, 15) is 9.59 Å². The summed E-state index contributed by atoms with van der Waals surface area (Å²) in [5.41, 5.74) is 3.83. The third kappa shape index (κ3) is 7.34. The molecule has 0 spiro atoms. The molecule has 1 heterocycles. The lowest BCUT2D eigenvalue weighted by Gasteiger charge is -2.31. The summed E-state index contributed by atoms with van der Waals surface area (Å²) >= 11 is 0.